The van der Waals surface area contributed by atoms with E-state index in [2.05, 4.69) is 22.9 Å². The average Bonchev–Trinajstić information content (AvgIpc) is 2.92. The van der Waals surface area contributed by atoms with E-state index in [1.165, 1.54) is 0 Å². The summed E-state index contributed by atoms with van der Waals surface area (Å²) < 4.78 is 6.00. The van der Waals surface area contributed by atoms with Gasteiger partial charge in [-0.05, 0) is 31.0 Å². The summed E-state index contributed by atoms with van der Waals surface area (Å²) in [5, 5.41) is 0.702. The number of esters is 1. The van der Waals surface area contributed by atoms with Crippen LogP contribution >= 0.6 is 27.5 Å². The Morgan fingerprint density at radius 3 is 2.94 bits per heavy atom. The fraction of sp³-hybridized carbons (Fsp3) is 0.462. The Bertz CT molecular complexity index is 461. The van der Waals surface area contributed by atoms with E-state index < -0.39 is 0 Å². The fourth-order valence-electron chi connectivity index (χ4n) is 2.20. The van der Waals surface area contributed by atoms with E-state index in [4.69, 9.17) is 16.3 Å². The van der Waals surface area contributed by atoms with Gasteiger partial charge in [0.1, 0.15) is 0 Å². The molecule has 2 unspecified atom stereocenters. The predicted molar refractivity (Wildman–Crippen MR) is 71.2 cm³/mol. The zero-order valence-electron chi connectivity index (χ0n) is 9.80. The van der Waals surface area contributed by atoms with Crippen molar-refractivity contribution in [2.45, 2.75) is 25.7 Å². The molecule has 0 amide bonds. The zero-order chi connectivity index (χ0) is 12.6. The maximum Gasteiger partial charge on any atom is 0.309 e. The van der Waals surface area contributed by atoms with Crippen LogP contribution in [0.4, 0.5) is 0 Å². The lowest BCUT2D eigenvalue weighted by Crippen LogP contribution is -2.15. The number of benzene rings is 1. The van der Waals surface area contributed by atoms with Crippen molar-refractivity contribution in [3.8, 4) is 0 Å². The molecular formula is C13H14BrClO2. The van der Waals surface area contributed by atoms with Gasteiger partial charge >= 0.3 is 5.97 Å². The van der Waals surface area contributed by atoms with Crippen molar-refractivity contribution >= 4 is 33.5 Å². The molecule has 92 valence electrons. The Hall–Kier alpha value is -0.540. The van der Waals surface area contributed by atoms with Crippen molar-refractivity contribution in [1.29, 1.82) is 0 Å². The normalized spacial score (nSPS) is 26.7. The summed E-state index contributed by atoms with van der Waals surface area (Å²) in [6.07, 6.45) is 0.813. The Morgan fingerprint density at radius 2 is 2.35 bits per heavy atom. The van der Waals surface area contributed by atoms with Gasteiger partial charge in [-0.3, -0.25) is 4.79 Å². The summed E-state index contributed by atoms with van der Waals surface area (Å²) in [7, 11) is 0. The molecule has 1 aliphatic rings. The first-order chi connectivity index (χ1) is 7.99. The summed E-state index contributed by atoms with van der Waals surface area (Å²) in [5.74, 6) is -0.171. The molecule has 0 aliphatic heterocycles. The van der Waals surface area contributed by atoms with Crippen molar-refractivity contribution < 1.29 is 9.53 Å². The minimum Gasteiger partial charge on any atom is -0.466 e. The molecule has 0 radical (unpaired) electrons. The van der Waals surface area contributed by atoms with Crippen molar-refractivity contribution in [3.63, 3.8) is 0 Å². The third-order valence-corrected chi connectivity index (χ3v) is 4.16. The second-order valence-corrected chi connectivity index (χ2v) is 5.87. The Balaban J connectivity index is 2.22. The zero-order valence-corrected chi connectivity index (χ0v) is 12.1. The molecule has 1 aromatic rings. The average molecular weight is 318 g/mol. The maximum absolute atomic E-state index is 11.7. The van der Waals surface area contributed by atoms with E-state index in [1.54, 1.807) is 0 Å². The highest BCUT2D eigenvalue weighted by Gasteiger charge is 2.57. The van der Waals surface area contributed by atoms with Crippen LogP contribution in [0.25, 0.3) is 0 Å². The minimum atomic E-state index is -0.163. The van der Waals surface area contributed by atoms with Crippen LogP contribution in [0.2, 0.25) is 5.02 Å². The second kappa shape index (κ2) is 4.62. The van der Waals surface area contributed by atoms with Gasteiger partial charge in [0.05, 0.1) is 12.5 Å². The van der Waals surface area contributed by atoms with Gasteiger partial charge in [0, 0.05) is 14.9 Å². The number of ether oxygens (including phenoxy) is 1. The van der Waals surface area contributed by atoms with Gasteiger partial charge in [0.15, 0.2) is 0 Å². The van der Waals surface area contributed by atoms with Crippen molar-refractivity contribution in [1.82, 2.24) is 0 Å². The number of rotatable bonds is 3. The summed E-state index contributed by atoms with van der Waals surface area (Å²) in [5.41, 5.74) is 0.866. The van der Waals surface area contributed by atoms with Crippen LogP contribution < -0.4 is 0 Å². The number of carbonyl (C=O) groups excluding carboxylic acids is 1. The molecular weight excluding hydrogens is 303 g/mol. The Labute approximate surface area is 114 Å². The molecule has 2 atom stereocenters. The molecule has 17 heavy (non-hydrogen) atoms. The molecule has 0 spiro atoms. The molecule has 0 bridgehead atoms. The van der Waals surface area contributed by atoms with Gasteiger partial charge in [-0.2, -0.15) is 0 Å². The SMILES string of the molecule is CCOC(=O)C1CC1(C)c1ccc(Br)cc1Cl. The Kier molecular flexibility index (Phi) is 3.50. The van der Waals surface area contributed by atoms with Gasteiger partial charge < -0.3 is 4.74 Å². The summed E-state index contributed by atoms with van der Waals surface area (Å²) >= 11 is 9.60. The second-order valence-electron chi connectivity index (χ2n) is 4.55. The van der Waals surface area contributed by atoms with Crippen LogP contribution in [0.5, 0.6) is 0 Å². The van der Waals surface area contributed by atoms with E-state index in [1.807, 2.05) is 25.1 Å². The molecule has 0 N–H and O–H groups in total. The van der Waals surface area contributed by atoms with E-state index in [0.717, 1.165) is 16.5 Å². The van der Waals surface area contributed by atoms with Crippen LogP contribution in [-0.4, -0.2) is 12.6 Å². The lowest BCUT2D eigenvalue weighted by molar-refractivity contribution is -0.145. The lowest BCUT2D eigenvalue weighted by Gasteiger charge is -2.13. The van der Waals surface area contributed by atoms with Gasteiger partial charge in [0.2, 0.25) is 0 Å². The first kappa shape index (κ1) is 12.9. The van der Waals surface area contributed by atoms with Crippen molar-refractivity contribution in [2.24, 2.45) is 5.92 Å². The monoisotopic (exact) mass is 316 g/mol. The van der Waals surface area contributed by atoms with E-state index in [9.17, 15) is 4.79 Å². The largest absolute Gasteiger partial charge is 0.466 e. The third kappa shape index (κ3) is 2.36. The van der Waals surface area contributed by atoms with Gasteiger partial charge in [-0.25, -0.2) is 0 Å². The first-order valence-corrected chi connectivity index (χ1v) is 6.78. The number of hydrogen-bond donors (Lipinski definition) is 0. The molecule has 1 aliphatic carbocycles. The van der Waals surface area contributed by atoms with Crippen LogP contribution in [0.15, 0.2) is 22.7 Å². The van der Waals surface area contributed by atoms with Crippen molar-refractivity contribution in [3.05, 3.63) is 33.3 Å². The molecule has 0 aromatic heterocycles. The lowest BCUT2D eigenvalue weighted by atomic mass is 9.95. The summed E-state index contributed by atoms with van der Waals surface area (Å²) in [6.45, 7) is 4.31. The molecule has 2 nitrogen and oxygen atoms in total. The number of halogens is 2. The third-order valence-electron chi connectivity index (χ3n) is 3.35. The maximum atomic E-state index is 11.7. The van der Waals surface area contributed by atoms with Gasteiger partial charge in [-0.1, -0.05) is 40.5 Å². The van der Waals surface area contributed by atoms with E-state index >= 15 is 0 Å². The quantitative estimate of drug-likeness (QED) is 0.789. The number of hydrogen-bond acceptors (Lipinski definition) is 2. The highest BCUT2D eigenvalue weighted by molar-refractivity contribution is 9.10. The molecule has 0 heterocycles. The van der Waals surface area contributed by atoms with E-state index in [0.29, 0.717) is 11.6 Å². The highest BCUT2D eigenvalue weighted by atomic mass is 79.9. The molecule has 2 rings (SSSR count). The smallest absolute Gasteiger partial charge is 0.309 e. The molecule has 4 heteroatoms. The van der Waals surface area contributed by atoms with Crippen LogP contribution in [0.3, 0.4) is 0 Å². The first-order valence-electron chi connectivity index (χ1n) is 5.61. The summed E-state index contributed by atoms with van der Waals surface area (Å²) in [4.78, 5) is 11.7. The molecule has 1 saturated carbocycles. The van der Waals surface area contributed by atoms with Gasteiger partial charge in [0.25, 0.3) is 0 Å². The standard InChI is InChI=1S/C13H14BrClO2/c1-3-17-12(16)10-7-13(10,2)9-5-4-8(14)6-11(9)15/h4-6,10H,3,7H2,1-2H3. The van der Waals surface area contributed by atoms with Crippen LogP contribution in [0.1, 0.15) is 25.8 Å². The summed E-state index contributed by atoms with van der Waals surface area (Å²) in [6, 6.07) is 5.79. The van der Waals surface area contributed by atoms with E-state index in [-0.39, 0.29) is 17.3 Å². The minimum absolute atomic E-state index is 0.0545. The molecule has 1 fully saturated rings. The fourth-order valence-corrected chi connectivity index (χ4v) is 3.09. The topological polar surface area (TPSA) is 26.3 Å². The molecule has 0 saturated heterocycles. The van der Waals surface area contributed by atoms with Crippen molar-refractivity contribution in [2.75, 3.05) is 6.61 Å². The Morgan fingerprint density at radius 1 is 1.65 bits per heavy atom. The highest BCUT2D eigenvalue weighted by Crippen LogP contribution is 2.56. The predicted octanol–water partition coefficient (Wildman–Crippen LogP) is 3.94. The molecule has 1 aromatic carbocycles. The van der Waals surface area contributed by atoms with Crippen LogP contribution in [0, 0.1) is 5.92 Å². The van der Waals surface area contributed by atoms with Gasteiger partial charge in [-0.15, -0.1) is 0 Å². The number of carbonyl (C=O) groups is 1. The van der Waals surface area contributed by atoms with Crippen LogP contribution in [-0.2, 0) is 14.9 Å².